The van der Waals surface area contributed by atoms with Gasteiger partial charge in [-0.1, -0.05) is 0 Å². The maximum absolute atomic E-state index is 12.9. The largest absolute Gasteiger partial charge is 0.282 e. The van der Waals surface area contributed by atoms with Crippen LogP contribution in [0.2, 0.25) is 0 Å². The summed E-state index contributed by atoms with van der Waals surface area (Å²) in [7, 11) is 0. The van der Waals surface area contributed by atoms with Gasteiger partial charge in [0.1, 0.15) is 5.82 Å². The molecule has 1 aromatic carbocycles. The summed E-state index contributed by atoms with van der Waals surface area (Å²) in [6, 6.07) is 6.75. The van der Waals surface area contributed by atoms with Crippen molar-refractivity contribution in [2.24, 2.45) is 0 Å². The van der Waals surface area contributed by atoms with E-state index in [0.717, 1.165) is 17.0 Å². The molecule has 4 heteroatoms. The molecule has 0 atom stereocenters. The van der Waals surface area contributed by atoms with Crippen molar-refractivity contribution in [2.45, 2.75) is 6.92 Å². The van der Waals surface area contributed by atoms with E-state index in [9.17, 15) is 4.39 Å². The van der Waals surface area contributed by atoms with E-state index in [4.69, 9.17) is 0 Å². The molecule has 0 saturated carbocycles. The first kappa shape index (κ1) is 9.40. The second kappa shape index (κ2) is 3.53. The Morgan fingerprint density at radius 2 is 2.14 bits per heavy atom. The Morgan fingerprint density at radius 1 is 1.36 bits per heavy atom. The van der Waals surface area contributed by atoms with Crippen molar-refractivity contribution in [2.75, 3.05) is 0 Å². The van der Waals surface area contributed by atoms with Gasteiger partial charge in [0, 0.05) is 11.3 Å². The SMILES string of the molecule is Cc1cc(-c2ccc(F)c(Br)c2)n[nH]1. The monoisotopic (exact) mass is 254 g/mol. The molecule has 2 aromatic rings. The van der Waals surface area contributed by atoms with Crippen molar-refractivity contribution in [3.8, 4) is 11.3 Å². The zero-order valence-electron chi connectivity index (χ0n) is 7.51. The maximum Gasteiger partial charge on any atom is 0.137 e. The number of hydrogen-bond acceptors (Lipinski definition) is 1. The lowest BCUT2D eigenvalue weighted by Crippen LogP contribution is -1.81. The molecule has 2 nitrogen and oxygen atoms in total. The summed E-state index contributed by atoms with van der Waals surface area (Å²) in [5.74, 6) is -0.263. The average molecular weight is 255 g/mol. The van der Waals surface area contributed by atoms with Crippen LogP contribution >= 0.6 is 15.9 Å². The van der Waals surface area contributed by atoms with E-state index in [0.29, 0.717) is 4.47 Å². The van der Waals surface area contributed by atoms with Crippen LogP contribution < -0.4 is 0 Å². The minimum atomic E-state index is -0.263. The second-order valence-electron chi connectivity index (χ2n) is 3.07. The summed E-state index contributed by atoms with van der Waals surface area (Å²) in [4.78, 5) is 0. The molecule has 1 N–H and O–H groups in total. The standard InChI is InChI=1S/C10H8BrFN2/c1-6-4-10(14-13-6)7-2-3-9(12)8(11)5-7/h2-5H,1H3,(H,13,14). The number of aromatic nitrogens is 2. The van der Waals surface area contributed by atoms with E-state index in [1.807, 2.05) is 13.0 Å². The molecule has 0 fully saturated rings. The zero-order chi connectivity index (χ0) is 10.1. The Kier molecular flexibility index (Phi) is 2.37. The second-order valence-corrected chi connectivity index (χ2v) is 3.92. The van der Waals surface area contributed by atoms with Crippen molar-refractivity contribution < 1.29 is 4.39 Å². The Balaban J connectivity index is 2.47. The van der Waals surface area contributed by atoms with Crippen LogP contribution in [-0.2, 0) is 0 Å². The highest BCUT2D eigenvalue weighted by Gasteiger charge is 2.04. The van der Waals surface area contributed by atoms with E-state index in [-0.39, 0.29) is 5.82 Å². The first-order chi connectivity index (χ1) is 6.66. The summed E-state index contributed by atoms with van der Waals surface area (Å²) < 4.78 is 13.4. The predicted octanol–water partition coefficient (Wildman–Crippen LogP) is 3.29. The number of halogens is 2. The molecule has 0 unspecified atom stereocenters. The lowest BCUT2D eigenvalue weighted by Gasteiger charge is -1.98. The van der Waals surface area contributed by atoms with Gasteiger partial charge >= 0.3 is 0 Å². The smallest absolute Gasteiger partial charge is 0.137 e. The third-order valence-electron chi connectivity index (χ3n) is 1.92. The van der Waals surface area contributed by atoms with E-state index in [1.54, 1.807) is 12.1 Å². The summed E-state index contributed by atoms with van der Waals surface area (Å²) in [5.41, 5.74) is 2.70. The summed E-state index contributed by atoms with van der Waals surface area (Å²) in [6.45, 7) is 1.93. The van der Waals surface area contributed by atoms with Crippen LogP contribution in [0.4, 0.5) is 4.39 Å². The van der Waals surface area contributed by atoms with Crippen LogP contribution in [0.25, 0.3) is 11.3 Å². The van der Waals surface area contributed by atoms with Gasteiger partial charge in [0.2, 0.25) is 0 Å². The summed E-state index contributed by atoms with van der Waals surface area (Å²) in [5, 5.41) is 6.93. The Bertz CT molecular complexity index is 465. The Labute approximate surface area is 89.3 Å². The molecule has 0 aliphatic carbocycles. The molecular formula is C10H8BrFN2. The third kappa shape index (κ3) is 1.70. The molecular weight excluding hydrogens is 247 g/mol. The van der Waals surface area contributed by atoms with Gasteiger partial charge in [0.05, 0.1) is 10.2 Å². The Hall–Kier alpha value is -1.16. The number of rotatable bonds is 1. The van der Waals surface area contributed by atoms with Gasteiger partial charge in [0.25, 0.3) is 0 Å². The van der Waals surface area contributed by atoms with Crippen molar-refractivity contribution in [1.82, 2.24) is 10.2 Å². The summed E-state index contributed by atoms with van der Waals surface area (Å²) >= 11 is 3.14. The van der Waals surface area contributed by atoms with Crippen LogP contribution in [-0.4, -0.2) is 10.2 Å². The molecule has 0 saturated heterocycles. The van der Waals surface area contributed by atoms with Gasteiger partial charge in [-0.3, -0.25) is 5.10 Å². The minimum Gasteiger partial charge on any atom is -0.282 e. The molecule has 72 valence electrons. The molecule has 2 rings (SSSR count). The molecule has 1 heterocycles. The fourth-order valence-corrected chi connectivity index (χ4v) is 1.60. The Morgan fingerprint density at radius 3 is 2.71 bits per heavy atom. The fraction of sp³-hybridized carbons (Fsp3) is 0.100. The normalized spacial score (nSPS) is 10.5. The number of nitrogens with one attached hydrogen (secondary N) is 1. The maximum atomic E-state index is 12.9. The van der Waals surface area contributed by atoms with E-state index in [2.05, 4.69) is 26.1 Å². The van der Waals surface area contributed by atoms with Crippen LogP contribution in [0, 0.1) is 12.7 Å². The number of H-pyrrole nitrogens is 1. The van der Waals surface area contributed by atoms with E-state index >= 15 is 0 Å². The average Bonchev–Trinajstić information content (AvgIpc) is 2.57. The van der Waals surface area contributed by atoms with Gasteiger partial charge < -0.3 is 0 Å². The third-order valence-corrected chi connectivity index (χ3v) is 2.53. The summed E-state index contributed by atoms with van der Waals surface area (Å²) in [6.07, 6.45) is 0. The molecule has 14 heavy (non-hydrogen) atoms. The quantitative estimate of drug-likeness (QED) is 0.832. The molecule has 0 spiro atoms. The van der Waals surface area contributed by atoms with Crippen LogP contribution in [0.3, 0.4) is 0 Å². The van der Waals surface area contributed by atoms with E-state index in [1.165, 1.54) is 6.07 Å². The molecule has 0 radical (unpaired) electrons. The van der Waals surface area contributed by atoms with Gasteiger partial charge in [-0.05, 0) is 47.1 Å². The van der Waals surface area contributed by atoms with Crippen LogP contribution in [0.5, 0.6) is 0 Å². The van der Waals surface area contributed by atoms with Gasteiger partial charge in [-0.25, -0.2) is 4.39 Å². The number of nitrogens with zero attached hydrogens (tertiary/aromatic N) is 1. The van der Waals surface area contributed by atoms with Crippen molar-refractivity contribution in [3.05, 3.63) is 40.2 Å². The highest BCUT2D eigenvalue weighted by Crippen LogP contribution is 2.23. The molecule has 0 aliphatic heterocycles. The first-order valence-electron chi connectivity index (χ1n) is 4.14. The van der Waals surface area contributed by atoms with Gasteiger partial charge in [-0.2, -0.15) is 5.10 Å². The predicted molar refractivity (Wildman–Crippen MR) is 56.4 cm³/mol. The first-order valence-corrected chi connectivity index (χ1v) is 4.93. The van der Waals surface area contributed by atoms with Crippen molar-refractivity contribution >= 4 is 15.9 Å². The molecule has 1 aromatic heterocycles. The van der Waals surface area contributed by atoms with Crippen molar-refractivity contribution in [3.63, 3.8) is 0 Å². The number of aromatic amines is 1. The topological polar surface area (TPSA) is 28.7 Å². The lowest BCUT2D eigenvalue weighted by molar-refractivity contribution is 0.621. The van der Waals surface area contributed by atoms with Gasteiger partial charge in [-0.15, -0.1) is 0 Å². The number of hydrogen-bond donors (Lipinski definition) is 1. The van der Waals surface area contributed by atoms with Crippen LogP contribution in [0.15, 0.2) is 28.7 Å². The number of aryl methyl sites for hydroxylation is 1. The van der Waals surface area contributed by atoms with Gasteiger partial charge in [0.15, 0.2) is 0 Å². The minimum absolute atomic E-state index is 0.263. The fourth-order valence-electron chi connectivity index (χ4n) is 1.22. The number of benzene rings is 1. The van der Waals surface area contributed by atoms with Crippen molar-refractivity contribution in [1.29, 1.82) is 0 Å². The molecule has 0 aliphatic rings. The zero-order valence-corrected chi connectivity index (χ0v) is 9.10. The van der Waals surface area contributed by atoms with E-state index < -0.39 is 0 Å². The molecule has 0 amide bonds. The highest BCUT2D eigenvalue weighted by atomic mass is 79.9. The molecule has 0 bridgehead atoms. The van der Waals surface area contributed by atoms with Crippen LogP contribution in [0.1, 0.15) is 5.69 Å². The lowest BCUT2D eigenvalue weighted by atomic mass is 10.1. The highest BCUT2D eigenvalue weighted by molar-refractivity contribution is 9.10.